The second-order valence-corrected chi connectivity index (χ2v) is 4.93. The van der Waals surface area contributed by atoms with Crippen LogP contribution in [0.15, 0.2) is 53.0 Å². The highest BCUT2D eigenvalue weighted by molar-refractivity contribution is 9.10. The lowest BCUT2D eigenvalue weighted by Gasteiger charge is -2.05. The summed E-state index contributed by atoms with van der Waals surface area (Å²) < 4.78 is 0.817. The van der Waals surface area contributed by atoms with Crippen molar-refractivity contribution in [1.82, 2.24) is 0 Å². The molecule has 2 rings (SSSR count). The normalized spacial score (nSPS) is 10.2. The molecule has 0 atom stereocenters. The van der Waals surface area contributed by atoms with Crippen molar-refractivity contribution < 1.29 is 4.79 Å². The number of carbonyl (C=O) groups is 1. The number of ketones is 1. The molecule has 0 saturated carbocycles. The van der Waals surface area contributed by atoms with Gasteiger partial charge in [0.2, 0.25) is 0 Å². The second kappa shape index (κ2) is 5.48. The van der Waals surface area contributed by atoms with E-state index in [-0.39, 0.29) is 5.78 Å². The largest absolute Gasteiger partial charge is 0.294 e. The third-order valence-corrected chi connectivity index (χ3v) is 3.54. The molecule has 0 N–H and O–H groups in total. The minimum absolute atomic E-state index is 0.0607. The summed E-state index contributed by atoms with van der Waals surface area (Å²) in [5.41, 5.74) is 1.54. The molecule has 1 nitrogen and oxygen atoms in total. The first-order valence-electron chi connectivity index (χ1n) is 5.19. The van der Waals surface area contributed by atoms with Gasteiger partial charge in [-0.25, -0.2) is 0 Å². The molecule has 0 heterocycles. The Labute approximate surface area is 114 Å². The Bertz CT molecular complexity index is 551. The van der Waals surface area contributed by atoms with E-state index < -0.39 is 0 Å². The molecule has 0 aliphatic heterocycles. The minimum atomic E-state index is 0.0607. The molecule has 86 valence electrons. The third-order valence-electron chi connectivity index (χ3n) is 2.48. The molecule has 0 aliphatic carbocycles. The summed E-state index contributed by atoms with van der Waals surface area (Å²) in [6.45, 7) is 0. The van der Waals surface area contributed by atoms with Gasteiger partial charge in [-0.2, -0.15) is 0 Å². The fourth-order valence-corrected chi connectivity index (χ4v) is 2.31. The van der Waals surface area contributed by atoms with E-state index in [9.17, 15) is 4.79 Å². The van der Waals surface area contributed by atoms with Crippen LogP contribution in [0.1, 0.15) is 15.9 Å². The standard InChI is InChI=1S/C14H10BrClO/c15-12-7-3-2-6-11(12)14(17)9-10-5-1-4-8-13(10)16/h1-8H,9H2. The summed E-state index contributed by atoms with van der Waals surface area (Å²) in [5.74, 6) is 0.0607. The van der Waals surface area contributed by atoms with E-state index in [0.29, 0.717) is 17.0 Å². The van der Waals surface area contributed by atoms with Gasteiger partial charge < -0.3 is 0 Å². The van der Waals surface area contributed by atoms with Gasteiger partial charge >= 0.3 is 0 Å². The van der Waals surface area contributed by atoms with Crippen LogP contribution >= 0.6 is 27.5 Å². The molecular formula is C14H10BrClO. The molecular weight excluding hydrogens is 300 g/mol. The molecule has 0 bridgehead atoms. The van der Waals surface area contributed by atoms with Gasteiger partial charge in [-0.15, -0.1) is 0 Å². The Morgan fingerprint density at radius 3 is 2.41 bits per heavy atom. The SMILES string of the molecule is O=C(Cc1ccccc1Cl)c1ccccc1Br. The molecule has 0 amide bonds. The summed E-state index contributed by atoms with van der Waals surface area (Å²) in [7, 11) is 0. The van der Waals surface area contributed by atoms with E-state index >= 15 is 0 Å². The molecule has 0 unspecified atom stereocenters. The van der Waals surface area contributed by atoms with Crippen LogP contribution in [0.4, 0.5) is 0 Å². The smallest absolute Gasteiger partial charge is 0.168 e. The maximum Gasteiger partial charge on any atom is 0.168 e. The zero-order valence-corrected chi connectivity index (χ0v) is 11.3. The topological polar surface area (TPSA) is 17.1 Å². The van der Waals surface area contributed by atoms with E-state index in [4.69, 9.17) is 11.6 Å². The van der Waals surface area contributed by atoms with Crippen molar-refractivity contribution in [2.24, 2.45) is 0 Å². The van der Waals surface area contributed by atoms with Crippen LogP contribution < -0.4 is 0 Å². The van der Waals surface area contributed by atoms with Crippen LogP contribution in [0.25, 0.3) is 0 Å². The first-order valence-corrected chi connectivity index (χ1v) is 6.36. The first kappa shape index (κ1) is 12.3. The van der Waals surface area contributed by atoms with E-state index in [1.165, 1.54) is 0 Å². The molecule has 2 aromatic carbocycles. The van der Waals surface area contributed by atoms with Crippen LogP contribution in [0.2, 0.25) is 5.02 Å². The van der Waals surface area contributed by atoms with E-state index in [2.05, 4.69) is 15.9 Å². The summed E-state index contributed by atoms with van der Waals surface area (Å²) in [6, 6.07) is 14.8. The fourth-order valence-electron chi connectivity index (χ4n) is 1.60. The molecule has 0 radical (unpaired) electrons. The van der Waals surface area contributed by atoms with Gasteiger partial charge in [0.25, 0.3) is 0 Å². The minimum Gasteiger partial charge on any atom is -0.294 e. The lowest BCUT2D eigenvalue weighted by Crippen LogP contribution is -2.04. The van der Waals surface area contributed by atoms with Crippen molar-refractivity contribution in [2.45, 2.75) is 6.42 Å². The monoisotopic (exact) mass is 308 g/mol. The molecule has 0 spiro atoms. The Balaban J connectivity index is 2.24. The lowest BCUT2D eigenvalue weighted by molar-refractivity contribution is 0.0992. The highest BCUT2D eigenvalue weighted by Crippen LogP contribution is 2.21. The van der Waals surface area contributed by atoms with Crippen molar-refractivity contribution in [3.05, 3.63) is 69.2 Å². The van der Waals surface area contributed by atoms with Crippen LogP contribution in [0, 0.1) is 0 Å². The van der Waals surface area contributed by atoms with Gasteiger partial charge in [0.05, 0.1) is 0 Å². The van der Waals surface area contributed by atoms with Crippen molar-refractivity contribution in [1.29, 1.82) is 0 Å². The molecule has 0 fully saturated rings. The average Bonchev–Trinajstić information content (AvgIpc) is 2.32. The quantitative estimate of drug-likeness (QED) is 0.761. The molecule has 17 heavy (non-hydrogen) atoms. The number of halogens is 2. The van der Waals surface area contributed by atoms with Gasteiger partial charge in [0.1, 0.15) is 0 Å². The molecule has 0 aliphatic rings. The van der Waals surface area contributed by atoms with E-state index in [1.54, 1.807) is 6.07 Å². The molecule has 2 aromatic rings. The van der Waals surface area contributed by atoms with Crippen molar-refractivity contribution in [2.75, 3.05) is 0 Å². The highest BCUT2D eigenvalue weighted by atomic mass is 79.9. The predicted molar refractivity (Wildman–Crippen MR) is 73.6 cm³/mol. The molecule has 0 aromatic heterocycles. The zero-order chi connectivity index (χ0) is 12.3. The molecule has 0 saturated heterocycles. The summed E-state index contributed by atoms with van der Waals surface area (Å²) in [6.07, 6.45) is 0.322. The maximum absolute atomic E-state index is 12.1. The van der Waals surface area contributed by atoms with E-state index in [0.717, 1.165) is 10.0 Å². The number of rotatable bonds is 3. The van der Waals surface area contributed by atoms with Crippen molar-refractivity contribution in [3.63, 3.8) is 0 Å². The summed E-state index contributed by atoms with van der Waals surface area (Å²) in [5, 5.41) is 0.632. The fraction of sp³-hybridized carbons (Fsp3) is 0.0714. The number of Topliss-reactive ketones (excluding diaryl/α,β-unsaturated/α-hetero) is 1. The van der Waals surface area contributed by atoms with Crippen LogP contribution in [-0.4, -0.2) is 5.78 Å². The van der Waals surface area contributed by atoms with Gasteiger partial charge in [0.15, 0.2) is 5.78 Å². The number of carbonyl (C=O) groups excluding carboxylic acids is 1. The van der Waals surface area contributed by atoms with E-state index in [1.807, 2.05) is 42.5 Å². The first-order chi connectivity index (χ1) is 8.18. The zero-order valence-electron chi connectivity index (χ0n) is 8.99. The average molecular weight is 310 g/mol. The Morgan fingerprint density at radius 2 is 1.71 bits per heavy atom. The van der Waals surface area contributed by atoms with Crippen LogP contribution in [0.5, 0.6) is 0 Å². The van der Waals surface area contributed by atoms with Gasteiger partial charge in [-0.1, -0.05) is 63.9 Å². The van der Waals surface area contributed by atoms with Crippen LogP contribution in [0.3, 0.4) is 0 Å². The number of hydrogen-bond acceptors (Lipinski definition) is 1. The predicted octanol–water partition coefficient (Wildman–Crippen LogP) is 4.53. The summed E-state index contributed by atoms with van der Waals surface area (Å²) in [4.78, 5) is 12.1. The van der Waals surface area contributed by atoms with Gasteiger partial charge in [-0.05, 0) is 17.7 Å². The number of hydrogen-bond donors (Lipinski definition) is 0. The third kappa shape index (κ3) is 2.96. The lowest BCUT2D eigenvalue weighted by atomic mass is 10.0. The Kier molecular flexibility index (Phi) is 3.97. The Morgan fingerprint density at radius 1 is 1.06 bits per heavy atom. The van der Waals surface area contributed by atoms with Gasteiger partial charge in [-0.3, -0.25) is 4.79 Å². The summed E-state index contributed by atoms with van der Waals surface area (Å²) >= 11 is 9.41. The van der Waals surface area contributed by atoms with Crippen molar-refractivity contribution in [3.8, 4) is 0 Å². The number of benzene rings is 2. The maximum atomic E-state index is 12.1. The second-order valence-electron chi connectivity index (χ2n) is 3.67. The van der Waals surface area contributed by atoms with Gasteiger partial charge in [0, 0.05) is 21.5 Å². The Hall–Kier alpha value is -1.12. The van der Waals surface area contributed by atoms with Crippen molar-refractivity contribution >= 4 is 33.3 Å². The molecule has 3 heteroatoms. The highest BCUT2D eigenvalue weighted by Gasteiger charge is 2.11. The van der Waals surface area contributed by atoms with Crippen LogP contribution in [-0.2, 0) is 6.42 Å².